The fourth-order valence-electron chi connectivity index (χ4n) is 3.24. The van der Waals surface area contributed by atoms with Crippen LogP contribution in [-0.4, -0.2) is 33.7 Å². The van der Waals surface area contributed by atoms with Crippen LogP contribution in [0.15, 0.2) is 48.5 Å². The molecule has 27 heavy (non-hydrogen) atoms. The van der Waals surface area contributed by atoms with E-state index in [0.717, 1.165) is 11.1 Å². The molecule has 0 radical (unpaired) electrons. The van der Waals surface area contributed by atoms with Gasteiger partial charge in [0.2, 0.25) is 11.8 Å². The van der Waals surface area contributed by atoms with Crippen molar-refractivity contribution >= 4 is 28.3 Å². The number of nitrogens with zero attached hydrogens (tertiary/aromatic N) is 1. The number of aryl methyl sites for hydroxylation is 1. The Morgan fingerprint density at radius 3 is 2.59 bits per heavy atom. The van der Waals surface area contributed by atoms with E-state index in [9.17, 15) is 13.8 Å². The predicted octanol–water partition coefficient (Wildman–Crippen LogP) is 2.86. The maximum Gasteiger partial charge on any atom is 0.229 e. The van der Waals surface area contributed by atoms with Crippen LogP contribution in [0.2, 0.25) is 0 Å². The molecule has 1 aliphatic heterocycles. The van der Waals surface area contributed by atoms with Gasteiger partial charge in [-0.1, -0.05) is 48.0 Å². The van der Waals surface area contributed by atoms with Gasteiger partial charge >= 0.3 is 0 Å². The molecule has 2 atom stereocenters. The van der Waals surface area contributed by atoms with E-state index in [0.29, 0.717) is 24.5 Å². The fourth-order valence-corrected chi connectivity index (χ4v) is 3.93. The van der Waals surface area contributed by atoms with Crippen molar-refractivity contribution < 1.29 is 13.8 Å². The average Bonchev–Trinajstić information content (AvgIpc) is 2.99. The fraction of sp³-hybridized carbons (Fsp3) is 0.333. The summed E-state index contributed by atoms with van der Waals surface area (Å²) in [6, 6.07) is 15.4. The summed E-state index contributed by atoms with van der Waals surface area (Å²) in [5.74, 6) is -0.148. The summed E-state index contributed by atoms with van der Waals surface area (Å²) in [6.45, 7) is 2.96. The second kappa shape index (κ2) is 8.48. The molecule has 142 valence electrons. The number of hydrogen-bond donors (Lipinski definition) is 1. The molecule has 1 N–H and O–H groups in total. The van der Waals surface area contributed by atoms with Crippen LogP contribution in [0, 0.1) is 12.8 Å². The van der Waals surface area contributed by atoms with Crippen LogP contribution in [0.5, 0.6) is 0 Å². The summed E-state index contributed by atoms with van der Waals surface area (Å²) in [6.07, 6.45) is 1.86. The molecule has 2 unspecified atom stereocenters. The van der Waals surface area contributed by atoms with E-state index in [1.165, 1.54) is 5.56 Å². The van der Waals surface area contributed by atoms with Crippen molar-refractivity contribution in [2.24, 2.45) is 5.92 Å². The van der Waals surface area contributed by atoms with Gasteiger partial charge < -0.3 is 10.2 Å². The highest BCUT2D eigenvalue weighted by molar-refractivity contribution is 7.83. The smallest absolute Gasteiger partial charge is 0.229 e. The van der Waals surface area contributed by atoms with Gasteiger partial charge in [0.25, 0.3) is 0 Å². The number of rotatable bonds is 6. The van der Waals surface area contributed by atoms with Crippen molar-refractivity contribution in [3.05, 3.63) is 65.2 Å². The molecule has 0 aromatic heterocycles. The first-order chi connectivity index (χ1) is 12.9. The van der Waals surface area contributed by atoms with Crippen LogP contribution in [-0.2, 0) is 32.7 Å². The molecule has 0 spiro atoms. The van der Waals surface area contributed by atoms with Crippen molar-refractivity contribution in [3.63, 3.8) is 0 Å². The highest BCUT2D eigenvalue weighted by atomic mass is 32.2. The third-order valence-electron chi connectivity index (χ3n) is 4.71. The molecule has 5 nitrogen and oxygen atoms in total. The van der Waals surface area contributed by atoms with Gasteiger partial charge in [-0.05, 0) is 24.1 Å². The minimum absolute atomic E-state index is 0.00123. The van der Waals surface area contributed by atoms with E-state index in [2.05, 4.69) is 5.32 Å². The summed E-state index contributed by atoms with van der Waals surface area (Å²) in [7, 11) is -0.993. The van der Waals surface area contributed by atoms with Crippen LogP contribution in [0.4, 0.5) is 5.69 Å². The zero-order chi connectivity index (χ0) is 19.4. The van der Waals surface area contributed by atoms with E-state index in [1.807, 2.05) is 49.4 Å². The van der Waals surface area contributed by atoms with Gasteiger partial charge in [-0.15, -0.1) is 0 Å². The second-order valence-corrected chi connectivity index (χ2v) is 8.46. The maximum absolute atomic E-state index is 12.7. The second-order valence-electron chi connectivity index (χ2n) is 7.02. The van der Waals surface area contributed by atoms with E-state index in [-0.39, 0.29) is 24.2 Å². The summed E-state index contributed by atoms with van der Waals surface area (Å²) in [5, 5.41) is 2.92. The minimum Gasteiger partial charge on any atom is -0.338 e. The molecule has 3 rings (SSSR count). The number of likely N-dealkylation sites (tertiary alicyclic amines) is 1. The van der Waals surface area contributed by atoms with Gasteiger partial charge in [0.1, 0.15) is 0 Å². The lowest BCUT2D eigenvalue weighted by Gasteiger charge is -2.17. The SMILES string of the molecule is Cc1ccc(CN2CC(C(=O)Nc3ccccc3CS(C)=O)CC2=O)cc1. The van der Waals surface area contributed by atoms with Crippen molar-refractivity contribution in [2.45, 2.75) is 25.6 Å². The van der Waals surface area contributed by atoms with Crippen molar-refractivity contribution in [2.75, 3.05) is 18.1 Å². The van der Waals surface area contributed by atoms with Gasteiger partial charge in [0, 0.05) is 42.3 Å². The van der Waals surface area contributed by atoms with E-state index in [1.54, 1.807) is 17.2 Å². The van der Waals surface area contributed by atoms with Gasteiger partial charge in [-0.2, -0.15) is 0 Å². The minimum atomic E-state index is -0.993. The zero-order valence-corrected chi connectivity index (χ0v) is 16.4. The first-order valence-electron chi connectivity index (χ1n) is 8.94. The maximum atomic E-state index is 12.7. The van der Waals surface area contributed by atoms with Gasteiger partial charge in [-0.25, -0.2) is 0 Å². The molecule has 0 aliphatic carbocycles. The molecule has 2 amide bonds. The van der Waals surface area contributed by atoms with Crippen LogP contribution in [0.25, 0.3) is 0 Å². The van der Waals surface area contributed by atoms with Crippen LogP contribution < -0.4 is 5.32 Å². The summed E-state index contributed by atoms with van der Waals surface area (Å²) < 4.78 is 11.5. The number of carbonyl (C=O) groups excluding carboxylic acids is 2. The van der Waals surface area contributed by atoms with Crippen molar-refractivity contribution in [1.29, 1.82) is 0 Å². The Balaban J connectivity index is 1.64. The highest BCUT2D eigenvalue weighted by Gasteiger charge is 2.34. The first-order valence-corrected chi connectivity index (χ1v) is 10.7. The lowest BCUT2D eigenvalue weighted by atomic mass is 10.1. The third kappa shape index (κ3) is 5.04. The first kappa shape index (κ1) is 19.3. The Hall–Kier alpha value is -2.47. The Morgan fingerprint density at radius 2 is 1.89 bits per heavy atom. The average molecular weight is 385 g/mol. The summed E-state index contributed by atoms with van der Waals surface area (Å²) in [4.78, 5) is 26.7. The topological polar surface area (TPSA) is 66.5 Å². The summed E-state index contributed by atoms with van der Waals surface area (Å²) in [5.41, 5.74) is 3.75. The molecule has 1 fully saturated rings. The Bertz CT molecular complexity index is 864. The normalized spacial score (nSPS) is 17.8. The van der Waals surface area contributed by atoms with Crippen LogP contribution in [0.3, 0.4) is 0 Å². The summed E-state index contributed by atoms with van der Waals surface area (Å²) >= 11 is 0. The molecule has 0 bridgehead atoms. The number of carbonyl (C=O) groups is 2. The Labute approximate surface area is 162 Å². The number of amides is 2. The number of nitrogens with one attached hydrogen (secondary N) is 1. The molecular weight excluding hydrogens is 360 g/mol. The van der Waals surface area contributed by atoms with Crippen molar-refractivity contribution in [1.82, 2.24) is 4.90 Å². The number of anilines is 1. The molecule has 6 heteroatoms. The standard InChI is InChI=1S/C21H24N2O3S/c1-15-7-9-16(10-8-15)12-23-13-18(11-20(23)24)21(25)22-19-6-4-3-5-17(19)14-27(2)26/h3-10,18H,11-14H2,1-2H3,(H,22,25). The molecular formula is C21H24N2O3S. The Morgan fingerprint density at radius 1 is 1.19 bits per heavy atom. The van der Waals surface area contributed by atoms with Gasteiger partial charge in [-0.3, -0.25) is 13.8 Å². The molecule has 1 saturated heterocycles. The largest absolute Gasteiger partial charge is 0.338 e. The molecule has 1 aliphatic rings. The van der Waals surface area contributed by atoms with Gasteiger partial charge in [0.15, 0.2) is 0 Å². The number of hydrogen-bond acceptors (Lipinski definition) is 3. The molecule has 2 aromatic rings. The lowest BCUT2D eigenvalue weighted by molar-refractivity contribution is -0.128. The molecule has 2 aromatic carbocycles. The van der Waals surface area contributed by atoms with E-state index >= 15 is 0 Å². The predicted molar refractivity (Wildman–Crippen MR) is 108 cm³/mol. The Kier molecular flexibility index (Phi) is 6.06. The van der Waals surface area contributed by atoms with E-state index < -0.39 is 10.8 Å². The lowest BCUT2D eigenvalue weighted by Crippen LogP contribution is -2.28. The highest BCUT2D eigenvalue weighted by Crippen LogP contribution is 2.23. The van der Waals surface area contributed by atoms with Crippen LogP contribution in [0.1, 0.15) is 23.1 Å². The van der Waals surface area contributed by atoms with Crippen LogP contribution >= 0.6 is 0 Å². The monoisotopic (exact) mass is 384 g/mol. The van der Waals surface area contributed by atoms with Gasteiger partial charge in [0.05, 0.1) is 11.7 Å². The third-order valence-corrected chi connectivity index (χ3v) is 5.43. The van der Waals surface area contributed by atoms with E-state index in [4.69, 9.17) is 0 Å². The van der Waals surface area contributed by atoms with Crippen molar-refractivity contribution in [3.8, 4) is 0 Å². The quantitative estimate of drug-likeness (QED) is 0.833. The zero-order valence-electron chi connectivity index (χ0n) is 15.6. The molecule has 0 saturated carbocycles. The number of benzene rings is 2. The molecule has 1 heterocycles. The number of para-hydroxylation sites is 1.